The molecule has 0 saturated heterocycles. The summed E-state index contributed by atoms with van der Waals surface area (Å²) >= 11 is 1.37. The molecular weight excluding hydrogens is 358 g/mol. The van der Waals surface area contributed by atoms with Gasteiger partial charge in [-0.1, -0.05) is 47.0 Å². The standard InChI is InChI=1S/C21H25N3O2S/c1-21(2,3)22-13-16(25)14-26-18-12-8-7-11-17(18)19-20(27-24-23-19)15-9-5-4-6-10-15/h4-12,16,22,25H,13-14H2,1-3H3. The van der Waals surface area contributed by atoms with E-state index in [2.05, 4.69) is 35.7 Å². The third-order valence-electron chi connectivity index (χ3n) is 3.97. The Morgan fingerprint density at radius 1 is 1.07 bits per heavy atom. The first-order valence-corrected chi connectivity index (χ1v) is 9.74. The Morgan fingerprint density at radius 3 is 2.52 bits per heavy atom. The van der Waals surface area contributed by atoms with Gasteiger partial charge in [-0.25, -0.2) is 0 Å². The molecule has 0 aliphatic rings. The average Bonchev–Trinajstić information content (AvgIpc) is 3.15. The number of hydrogen-bond donors (Lipinski definition) is 2. The Labute approximate surface area is 164 Å². The van der Waals surface area contributed by atoms with Crippen LogP contribution in [0.3, 0.4) is 0 Å². The van der Waals surface area contributed by atoms with Gasteiger partial charge in [0.15, 0.2) is 0 Å². The van der Waals surface area contributed by atoms with Crippen LogP contribution in [0.25, 0.3) is 21.7 Å². The van der Waals surface area contributed by atoms with Crippen LogP contribution in [0, 0.1) is 0 Å². The summed E-state index contributed by atoms with van der Waals surface area (Å²) in [5, 5.41) is 17.8. The second kappa shape index (κ2) is 8.61. The number of para-hydroxylation sites is 1. The molecule has 0 aliphatic heterocycles. The maximum absolute atomic E-state index is 10.2. The molecule has 2 N–H and O–H groups in total. The maximum atomic E-state index is 10.2. The summed E-state index contributed by atoms with van der Waals surface area (Å²) in [7, 11) is 0. The zero-order valence-electron chi connectivity index (χ0n) is 15.8. The predicted octanol–water partition coefficient (Wildman–Crippen LogP) is 4.00. The van der Waals surface area contributed by atoms with Crippen LogP contribution >= 0.6 is 11.5 Å². The lowest BCUT2D eigenvalue weighted by Crippen LogP contribution is -2.42. The topological polar surface area (TPSA) is 67.3 Å². The fourth-order valence-electron chi connectivity index (χ4n) is 2.60. The zero-order valence-corrected chi connectivity index (χ0v) is 16.7. The van der Waals surface area contributed by atoms with Crippen LogP contribution < -0.4 is 10.1 Å². The molecule has 1 heterocycles. The highest BCUT2D eigenvalue weighted by molar-refractivity contribution is 7.09. The van der Waals surface area contributed by atoms with Gasteiger partial charge in [0.25, 0.3) is 0 Å². The number of benzene rings is 2. The van der Waals surface area contributed by atoms with Crippen LogP contribution in [-0.4, -0.2) is 39.5 Å². The van der Waals surface area contributed by atoms with Crippen molar-refractivity contribution in [2.24, 2.45) is 0 Å². The minimum atomic E-state index is -0.598. The number of aromatic nitrogens is 2. The van der Waals surface area contributed by atoms with Gasteiger partial charge in [-0.3, -0.25) is 0 Å². The Balaban J connectivity index is 1.77. The lowest BCUT2D eigenvalue weighted by atomic mass is 10.1. The molecule has 0 amide bonds. The van der Waals surface area contributed by atoms with Gasteiger partial charge >= 0.3 is 0 Å². The molecule has 6 heteroatoms. The number of ether oxygens (including phenoxy) is 1. The molecule has 1 aromatic heterocycles. The molecule has 0 spiro atoms. The molecular formula is C21H25N3O2S. The third-order valence-corrected chi connectivity index (χ3v) is 4.74. The van der Waals surface area contributed by atoms with Gasteiger partial charge in [0.2, 0.25) is 0 Å². The van der Waals surface area contributed by atoms with Gasteiger partial charge in [0, 0.05) is 17.6 Å². The monoisotopic (exact) mass is 383 g/mol. The van der Waals surface area contributed by atoms with Crippen molar-refractivity contribution < 1.29 is 9.84 Å². The van der Waals surface area contributed by atoms with Crippen LogP contribution in [0.5, 0.6) is 5.75 Å². The largest absolute Gasteiger partial charge is 0.490 e. The molecule has 0 aliphatic carbocycles. The third kappa shape index (κ3) is 5.35. The Hall–Kier alpha value is -2.28. The highest BCUT2D eigenvalue weighted by atomic mass is 32.1. The predicted molar refractivity (Wildman–Crippen MR) is 110 cm³/mol. The smallest absolute Gasteiger partial charge is 0.128 e. The van der Waals surface area contributed by atoms with E-state index in [1.807, 2.05) is 54.6 Å². The highest BCUT2D eigenvalue weighted by Gasteiger charge is 2.17. The number of nitrogens with one attached hydrogen (secondary N) is 1. The highest BCUT2D eigenvalue weighted by Crippen LogP contribution is 2.37. The van der Waals surface area contributed by atoms with E-state index in [9.17, 15) is 5.11 Å². The number of aliphatic hydroxyl groups is 1. The number of aliphatic hydroxyl groups excluding tert-OH is 1. The van der Waals surface area contributed by atoms with Crippen molar-refractivity contribution in [2.75, 3.05) is 13.2 Å². The summed E-state index contributed by atoms with van der Waals surface area (Å²) in [6, 6.07) is 17.8. The van der Waals surface area contributed by atoms with Crippen LogP contribution in [0.15, 0.2) is 54.6 Å². The molecule has 2 aromatic carbocycles. The van der Waals surface area contributed by atoms with Crippen LogP contribution in [-0.2, 0) is 0 Å². The molecule has 5 nitrogen and oxygen atoms in total. The van der Waals surface area contributed by atoms with Gasteiger partial charge in [0.05, 0.1) is 4.88 Å². The number of hydrogen-bond acceptors (Lipinski definition) is 6. The maximum Gasteiger partial charge on any atom is 0.128 e. The van der Waals surface area contributed by atoms with Gasteiger partial charge < -0.3 is 15.2 Å². The normalized spacial score (nSPS) is 12.7. The van der Waals surface area contributed by atoms with E-state index < -0.39 is 6.10 Å². The number of β-amino-alcohol motifs (C(OH)–C–C–N with tert-alkyl or cyclic N) is 1. The second-order valence-corrected chi connectivity index (χ2v) is 8.16. The molecule has 0 bridgehead atoms. The molecule has 3 aromatic rings. The van der Waals surface area contributed by atoms with Crippen molar-refractivity contribution in [2.45, 2.75) is 32.4 Å². The SMILES string of the molecule is CC(C)(C)NCC(O)COc1ccccc1-c1nnsc1-c1ccccc1. The van der Waals surface area contributed by atoms with E-state index in [0.29, 0.717) is 12.3 Å². The minimum Gasteiger partial charge on any atom is -0.490 e. The van der Waals surface area contributed by atoms with E-state index in [4.69, 9.17) is 4.74 Å². The Bertz CT molecular complexity index is 859. The summed E-state index contributed by atoms with van der Waals surface area (Å²) in [4.78, 5) is 1.00. The lowest BCUT2D eigenvalue weighted by molar-refractivity contribution is 0.100. The van der Waals surface area contributed by atoms with Crippen molar-refractivity contribution in [3.63, 3.8) is 0 Å². The number of rotatable bonds is 7. The fraction of sp³-hybridized carbons (Fsp3) is 0.333. The summed E-state index contributed by atoms with van der Waals surface area (Å²) in [5.74, 6) is 0.692. The van der Waals surface area contributed by atoms with Crippen molar-refractivity contribution in [3.8, 4) is 27.4 Å². The molecule has 0 radical (unpaired) electrons. The van der Waals surface area contributed by atoms with E-state index in [0.717, 1.165) is 21.7 Å². The molecule has 0 saturated carbocycles. The summed E-state index contributed by atoms with van der Waals surface area (Å²) in [5.41, 5.74) is 2.70. The van der Waals surface area contributed by atoms with Crippen molar-refractivity contribution in [3.05, 3.63) is 54.6 Å². The second-order valence-electron chi connectivity index (χ2n) is 7.41. The van der Waals surface area contributed by atoms with E-state index >= 15 is 0 Å². The van der Waals surface area contributed by atoms with Crippen LogP contribution in [0.2, 0.25) is 0 Å². The Kier molecular flexibility index (Phi) is 6.21. The fourth-order valence-corrected chi connectivity index (χ4v) is 3.29. The van der Waals surface area contributed by atoms with E-state index in [-0.39, 0.29) is 12.1 Å². The molecule has 3 rings (SSSR count). The van der Waals surface area contributed by atoms with E-state index in [1.54, 1.807) is 0 Å². The summed E-state index contributed by atoms with van der Waals surface area (Å²) in [6.07, 6.45) is -0.598. The van der Waals surface area contributed by atoms with Gasteiger partial charge in [-0.05, 0) is 50.0 Å². The molecule has 1 atom stereocenters. The van der Waals surface area contributed by atoms with Crippen molar-refractivity contribution in [1.29, 1.82) is 0 Å². The van der Waals surface area contributed by atoms with Crippen molar-refractivity contribution in [1.82, 2.24) is 14.9 Å². The van der Waals surface area contributed by atoms with Crippen LogP contribution in [0.1, 0.15) is 20.8 Å². The quantitative estimate of drug-likeness (QED) is 0.645. The van der Waals surface area contributed by atoms with Gasteiger partial charge in [0.1, 0.15) is 24.2 Å². The molecule has 0 fully saturated rings. The first kappa shape index (κ1) is 19.5. The lowest BCUT2D eigenvalue weighted by Gasteiger charge is -2.23. The summed E-state index contributed by atoms with van der Waals surface area (Å²) in [6.45, 7) is 6.88. The zero-order chi connectivity index (χ0) is 19.3. The molecule has 27 heavy (non-hydrogen) atoms. The molecule has 142 valence electrons. The first-order chi connectivity index (χ1) is 12.9. The Morgan fingerprint density at radius 2 is 1.78 bits per heavy atom. The molecule has 1 unspecified atom stereocenters. The van der Waals surface area contributed by atoms with Crippen LogP contribution in [0.4, 0.5) is 0 Å². The average molecular weight is 384 g/mol. The van der Waals surface area contributed by atoms with Gasteiger partial charge in [-0.15, -0.1) is 5.10 Å². The van der Waals surface area contributed by atoms with Crippen molar-refractivity contribution >= 4 is 11.5 Å². The minimum absolute atomic E-state index is 0.0459. The first-order valence-electron chi connectivity index (χ1n) is 8.97. The van der Waals surface area contributed by atoms with E-state index in [1.165, 1.54) is 11.5 Å². The van der Waals surface area contributed by atoms with Gasteiger partial charge in [-0.2, -0.15) is 0 Å². The number of nitrogens with zero attached hydrogens (tertiary/aromatic N) is 2. The summed E-state index contributed by atoms with van der Waals surface area (Å²) < 4.78 is 10.1.